The van der Waals surface area contributed by atoms with Gasteiger partial charge in [0.2, 0.25) is 5.13 Å². The molecule has 1 aliphatic heterocycles. The zero-order valence-electron chi connectivity index (χ0n) is 24.0. The number of Topliss-reactive ketones (excluding diaryl/α,β-unsaturated/α-hetero) is 1. The quantitative estimate of drug-likeness (QED) is 0.157. The molecule has 0 spiro atoms. The van der Waals surface area contributed by atoms with E-state index in [1.54, 1.807) is 25.1 Å². The lowest BCUT2D eigenvalue weighted by Gasteiger charge is -2.23. The van der Waals surface area contributed by atoms with Gasteiger partial charge in [0.05, 0.1) is 30.5 Å². The summed E-state index contributed by atoms with van der Waals surface area (Å²) in [5, 5.41) is 20.8. The van der Waals surface area contributed by atoms with Gasteiger partial charge in [0.25, 0.3) is 5.78 Å². The summed E-state index contributed by atoms with van der Waals surface area (Å²) in [4.78, 5) is 33.1. The van der Waals surface area contributed by atoms with E-state index < -0.39 is 17.7 Å². The van der Waals surface area contributed by atoms with E-state index in [4.69, 9.17) is 9.47 Å². The van der Waals surface area contributed by atoms with Gasteiger partial charge in [-0.25, -0.2) is 4.98 Å². The van der Waals surface area contributed by atoms with Gasteiger partial charge in [-0.1, -0.05) is 37.3 Å². The first-order valence-electron chi connectivity index (χ1n) is 13.6. The van der Waals surface area contributed by atoms with Gasteiger partial charge in [0.15, 0.2) is 17.3 Å². The highest BCUT2D eigenvalue weighted by Crippen LogP contribution is 2.45. The topological polar surface area (TPSA) is 119 Å². The second-order valence-electron chi connectivity index (χ2n) is 10.4. The third-order valence-corrected chi connectivity index (χ3v) is 7.85. The van der Waals surface area contributed by atoms with Crippen molar-refractivity contribution >= 4 is 39.6 Å². The molecular weight excluding hydrogens is 542 g/mol. The number of aromatic nitrogens is 4. The molecule has 0 saturated carbocycles. The van der Waals surface area contributed by atoms with Crippen LogP contribution in [0.15, 0.2) is 42.1 Å². The standard InChI is InChI=1S/C30H33N5O5S/c1-7-39-22-15-20(10-11-21(22)40-14-12-16(2)3)25-23(27(37)29(38)35(25)30-33-32-19(6)41-30)26(36)24-18(5)34-13-8-9-17(4)28(34)31-24/h8-11,13,15-16,25,36H,7,12,14H2,1-6H3. The van der Waals surface area contributed by atoms with Crippen molar-refractivity contribution in [3.8, 4) is 11.5 Å². The predicted molar refractivity (Wildman–Crippen MR) is 157 cm³/mol. The molecule has 0 aliphatic carbocycles. The van der Waals surface area contributed by atoms with Crippen LogP contribution in [0, 0.1) is 26.7 Å². The summed E-state index contributed by atoms with van der Waals surface area (Å²) in [6.07, 6.45) is 2.72. The molecular formula is C30H33N5O5S. The van der Waals surface area contributed by atoms with Gasteiger partial charge in [-0.3, -0.25) is 14.5 Å². The summed E-state index contributed by atoms with van der Waals surface area (Å²) in [5.41, 5.74) is 2.90. The summed E-state index contributed by atoms with van der Waals surface area (Å²) >= 11 is 1.19. The largest absolute Gasteiger partial charge is 0.505 e. The Morgan fingerprint density at radius 1 is 1.10 bits per heavy atom. The Hall–Kier alpha value is -4.25. The van der Waals surface area contributed by atoms with Crippen LogP contribution < -0.4 is 14.4 Å². The van der Waals surface area contributed by atoms with E-state index in [2.05, 4.69) is 29.0 Å². The SMILES string of the molecule is CCOc1cc(C2C(=C(O)c3nc4c(C)cccn4c3C)C(=O)C(=O)N2c2nnc(C)s2)ccc1OCCC(C)C. The number of hydrogen-bond donors (Lipinski definition) is 1. The van der Waals surface area contributed by atoms with E-state index >= 15 is 0 Å². The fourth-order valence-corrected chi connectivity index (χ4v) is 5.60. The first-order valence-corrected chi connectivity index (χ1v) is 14.4. The molecule has 0 radical (unpaired) electrons. The molecule has 5 rings (SSSR count). The number of aliphatic hydroxyl groups excluding tert-OH is 1. The molecule has 1 aliphatic rings. The summed E-state index contributed by atoms with van der Waals surface area (Å²) in [6, 6.07) is 8.11. The van der Waals surface area contributed by atoms with Crippen molar-refractivity contribution in [1.29, 1.82) is 0 Å². The molecule has 1 N–H and O–H groups in total. The number of hydrogen-bond acceptors (Lipinski definition) is 9. The molecule has 11 heteroatoms. The maximum Gasteiger partial charge on any atom is 0.301 e. The highest BCUT2D eigenvalue weighted by Gasteiger charge is 2.49. The van der Waals surface area contributed by atoms with Crippen LogP contribution in [0.25, 0.3) is 11.4 Å². The Morgan fingerprint density at radius 2 is 1.88 bits per heavy atom. The van der Waals surface area contributed by atoms with Gasteiger partial charge in [0.1, 0.15) is 16.3 Å². The van der Waals surface area contributed by atoms with Crippen LogP contribution >= 0.6 is 11.3 Å². The second kappa shape index (κ2) is 11.3. The van der Waals surface area contributed by atoms with E-state index in [0.29, 0.717) is 52.5 Å². The predicted octanol–water partition coefficient (Wildman–Crippen LogP) is 5.56. The lowest BCUT2D eigenvalue weighted by Crippen LogP contribution is -2.29. The van der Waals surface area contributed by atoms with Crippen molar-refractivity contribution in [1.82, 2.24) is 19.6 Å². The van der Waals surface area contributed by atoms with Gasteiger partial charge < -0.3 is 19.0 Å². The molecule has 41 heavy (non-hydrogen) atoms. The number of benzene rings is 1. The van der Waals surface area contributed by atoms with Crippen molar-refractivity contribution in [2.24, 2.45) is 5.92 Å². The first kappa shape index (κ1) is 28.3. The molecule has 3 aromatic heterocycles. The molecule has 4 heterocycles. The van der Waals surface area contributed by atoms with Crippen molar-refractivity contribution in [3.05, 3.63) is 69.6 Å². The van der Waals surface area contributed by atoms with Crippen molar-refractivity contribution < 1.29 is 24.2 Å². The average Bonchev–Trinajstić information content (AvgIpc) is 3.59. The Kier molecular flexibility index (Phi) is 7.81. The van der Waals surface area contributed by atoms with Gasteiger partial charge in [-0.2, -0.15) is 0 Å². The van der Waals surface area contributed by atoms with E-state index in [9.17, 15) is 14.7 Å². The Labute approximate surface area is 242 Å². The fourth-order valence-electron chi connectivity index (χ4n) is 4.89. The maximum atomic E-state index is 13.6. The summed E-state index contributed by atoms with van der Waals surface area (Å²) in [7, 11) is 0. The van der Waals surface area contributed by atoms with Crippen LogP contribution in [0.5, 0.6) is 11.5 Å². The number of imidazole rings is 1. The lowest BCUT2D eigenvalue weighted by molar-refractivity contribution is -0.132. The zero-order chi connectivity index (χ0) is 29.4. The van der Waals surface area contributed by atoms with Crippen LogP contribution in [0.1, 0.15) is 60.8 Å². The highest BCUT2D eigenvalue weighted by molar-refractivity contribution is 7.15. The number of fused-ring (bicyclic) bond motifs is 1. The smallest absolute Gasteiger partial charge is 0.301 e. The Balaban J connectivity index is 1.69. The van der Waals surface area contributed by atoms with Gasteiger partial charge in [-0.15, -0.1) is 10.2 Å². The zero-order valence-corrected chi connectivity index (χ0v) is 24.8. The van der Waals surface area contributed by atoms with Crippen LogP contribution in [-0.2, 0) is 9.59 Å². The highest BCUT2D eigenvalue weighted by atomic mass is 32.1. The molecule has 1 fully saturated rings. The number of nitrogens with zero attached hydrogens (tertiary/aromatic N) is 5. The molecule has 1 saturated heterocycles. The van der Waals surface area contributed by atoms with Gasteiger partial charge in [0, 0.05) is 6.20 Å². The summed E-state index contributed by atoms with van der Waals surface area (Å²) < 4.78 is 13.8. The van der Waals surface area contributed by atoms with Gasteiger partial charge >= 0.3 is 5.91 Å². The number of pyridine rings is 1. The van der Waals surface area contributed by atoms with Crippen LogP contribution in [0.2, 0.25) is 0 Å². The third-order valence-electron chi connectivity index (χ3n) is 7.01. The van der Waals surface area contributed by atoms with Crippen LogP contribution in [0.4, 0.5) is 5.13 Å². The number of carbonyl (C=O) groups excluding carboxylic acids is 2. The van der Waals surface area contributed by atoms with E-state index in [0.717, 1.165) is 12.0 Å². The molecule has 0 bridgehead atoms. The number of ketones is 1. The number of amides is 1. The first-order chi connectivity index (χ1) is 19.6. The lowest BCUT2D eigenvalue weighted by atomic mass is 9.96. The molecule has 4 aromatic rings. The minimum Gasteiger partial charge on any atom is -0.505 e. The number of ether oxygens (including phenoxy) is 2. The molecule has 1 amide bonds. The third kappa shape index (κ3) is 5.17. The number of aliphatic hydroxyl groups is 1. The Morgan fingerprint density at radius 3 is 2.54 bits per heavy atom. The van der Waals surface area contributed by atoms with Crippen LogP contribution in [0.3, 0.4) is 0 Å². The van der Waals surface area contributed by atoms with E-state index in [-0.39, 0.29) is 22.2 Å². The molecule has 1 atom stereocenters. The maximum absolute atomic E-state index is 13.6. The number of anilines is 1. The molecule has 1 unspecified atom stereocenters. The van der Waals surface area contributed by atoms with Crippen molar-refractivity contribution in [3.63, 3.8) is 0 Å². The van der Waals surface area contributed by atoms with E-state index in [1.165, 1.54) is 16.2 Å². The summed E-state index contributed by atoms with van der Waals surface area (Å²) in [5.74, 6) is -0.470. The monoisotopic (exact) mass is 575 g/mol. The number of carbonyl (C=O) groups is 2. The minimum absolute atomic E-state index is 0.0806. The van der Waals surface area contributed by atoms with E-state index in [1.807, 2.05) is 43.5 Å². The van der Waals surface area contributed by atoms with Gasteiger partial charge in [-0.05, 0) is 69.4 Å². The minimum atomic E-state index is -0.989. The second-order valence-corrected chi connectivity index (χ2v) is 11.5. The average molecular weight is 576 g/mol. The molecule has 214 valence electrons. The number of aryl methyl sites for hydroxylation is 3. The number of rotatable bonds is 9. The van der Waals surface area contributed by atoms with Crippen molar-refractivity contribution in [2.45, 2.75) is 54.0 Å². The molecule has 10 nitrogen and oxygen atoms in total. The van der Waals surface area contributed by atoms with Crippen molar-refractivity contribution in [2.75, 3.05) is 18.1 Å². The Bertz CT molecular complexity index is 1670. The fraction of sp³-hybridized carbons (Fsp3) is 0.367. The summed E-state index contributed by atoms with van der Waals surface area (Å²) in [6.45, 7) is 12.5. The normalized spacial score (nSPS) is 16.8. The van der Waals surface area contributed by atoms with Crippen LogP contribution in [-0.4, -0.2) is 49.6 Å². The molecule has 1 aromatic carbocycles.